The smallest absolute Gasteiger partial charge is 0.402 e. The molecule has 1 N–H and O–H groups in total. The molecule has 0 radical (unpaired) electrons. The Morgan fingerprint density at radius 1 is 1.21 bits per heavy atom. The maximum atomic E-state index is 13.1. The second kappa shape index (κ2) is 6.55. The van der Waals surface area contributed by atoms with Crippen molar-refractivity contribution in [1.82, 2.24) is 0 Å². The number of alkyl halides is 2. The molecule has 2 aliphatic carbocycles. The molecule has 4 unspecified atom stereocenters. The largest absolute Gasteiger partial charge is 0.462 e. The molecular formula is C14H20F2O7S. The molecule has 2 aliphatic rings. The fourth-order valence-corrected chi connectivity index (χ4v) is 3.49. The van der Waals surface area contributed by atoms with Crippen molar-refractivity contribution in [2.24, 2.45) is 23.7 Å². The van der Waals surface area contributed by atoms with Crippen LogP contribution in [-0.4, -0.2) is 42.9 Å². The summed E-state index contributed by atoms with van der Waals surface area (Å²) in [7, 11) is -5.63. The molecule has 0 spiro atoms. The Bertz CT molecular complexity index is 617. The van der Waals surface area contributed by atoms with E-state index < -0.39 is 33.9 Å². The van der Waals surface area contributed by atoms with Gasteiger partial charge in [0.1, 0.15) is 6.10 Å². The van der Waals surface area contributed by atoms with Crippen molar-refractivity contribution in [3.05, 3.63) is 0 Å². The van der Waals surface area contributed by atoms with E-state index in [0.717, 1.165) is 0 Å². The van der Waals surface area contributed by atoms with Crippen LogP contribution in [0.5, 0.6) is 0 Å². The van der Waals surface area contributed by atoms with Gasteiger partial charge in [0.25, 0.3) is 0 Å². The van der Waals surface area contributed by atoms with Gasteiger partial charge in [-0.15, -0.1) is 0 Å². The van der Waals surface area contributed by atoms with Gasteiger partial charge < -0.3 is 9.47 Å². The molecule has 2 fully saturated rings. The molecule has 0 saturated heterocycles. The Morgan fingerprint density at radius 2 is 1.83 bits per heavy atom. The molecule has 2 bridgehead atoms. The second-order valence-corrected chi connectivity index (χ2v) is 8.23. The first-order valence-electron chi connectivity index (χ1n) is 7.64. The molecule has 7 nitrogen and oxygen atoms in total. The highest BCUT2D eigenvalue weighted by molar-refractivity contribution is 7.86. The van der Waals surface area contributed by atoms with Crippen LogP contribution in [0, 0.1) is 23.7 Å². The molecule has 0 aliphatic heterocycles. The quantitative estimate of drug-likeness (QED) is 0.559. The minimum absolute atomic E-state index is 0.0302. The highest BCUT2D eigenvalue weighted by Gasteiger charge is 2.52. The van der Waals surface area contributed by atoms with E-state index >= 15 is 0 Å². The third-order valence-corrected chi connectivity index (χ3v) is 5.47. The van der Waals surface area contributed by atoms with Crippen molar-refractivity contribution >= 4 is 22.1 Å². The molecule has 4 atom stereocenters. The number of esters is 2. The summed E-state index contributed by atoms with van der Waals surface area (Å²) < 4.78 is 65.2. The van der Waals surface area contributed by atoms with Gasteiger partial charge in [-0.25, -0.2) is 0 Å². The van der Waals surface area contributed by atoms with Crippen molar-refractivity contribution in [3.63, 3.8) is 0 Å². The number of hydrogen-bond acceptors (Lipinski definition) is 6. The van der Waals surface area contributed by atoms with E-state index in [1.165, 1.54) is 0 Å². The number of carbonyl (C=O) groups excluding carboxylic acids is 2. The lowest BCUT2D eigenvalue weighted by Gasteiger charge is -2.27. The zero-order valence-electron chi connectivity index (χ0n) is 13.3. The summed E-state index contributed by atoms with van der Waals surface area (Å²) in [5.74, 6) is -2.29. The summed E-state index contributed by atoms with van der Waals surface area (Å²) in [5, 5.41) is -4.53. The summed E-state index contributed by atoms with van der Waals surface area (Å²) in [4.78, 5) is 23.5. The molecule has 0 heterocycles. The molecule has 24 heavy (non-hydrogen) atoms. The van der Waals surface area contributed by atoms with Crippen molar-refractivity contribution in [1.29, 1.82) is 0 Å². The first-order valence-corrected chi connectivity index (χ1v) is 9.08. The van der Waals surface area contributed by atoms with Crippen LogP contribution in [0.2, 0.25) is 0 Å². The third kappa shape index (κ3) is 3.85. The molecular weight excluding hydrogens is 350 g/mol. The predicted octanol–water partition coefficient (Wildman–Crippen LogP) is 1.62. The van der Waals surface area contributed by atoms with Crippen molar-refractivity contribution in [2.45, 2.75) is 44.5 Å². The maximum absolute atomic E-state index is 13.1. The Morgan fingerprint density at radius 3 is 2.29 bits per heavy atom. The summed E-state index contributed by atoms with van der Waals surface area (Å²) in [6.07, 6.45) is 1.15. The average molecular weight is 370 g/mol. The second-order valence-electron chi connectivity index (χ2n) is 6.68. The highest BCUT2D eigenvalue weighted by Crippen LogP contribution is 2.50. The van der Waals surface area contributed by atoms with Crippen molar-refractivity contribution < 1.29 is 40.8 Å². The first-order chi connectivity index (χ1) is 10.9. The molecule has 138 valence electrons. The van der Waals surface area contributed by atoms with Gasteiger partial charge in [-0.05, 0) is 31.1 Å². The molecule has 10 heteroatoms. The zero-order chi connectivity index (χ0) is 18.3. The van der Waals surface area contributed by atoms with Gasteiger partial charge in [0, 0.05) is 0 Å². The van der Waals surface area contributed by atoms with Gasteiger partial charge in [-0.2, -0.15) is 17.2 Å². The van der Waals surface area contributed by atoms with Gasteiger partial charge in [-0.1, -0.05) is 13.8 Å². The molecule has 2 rings (SSSR count). The third-order valence-electron chi connectivity index (χ3n) is 4.59. The average Bonchev–Trinajstić information content (AvgIpc) is 3.03. The number of carbonyl (C=O) groups is 2. The van der Waals surface area contributed by atoms with Gasteiger partial charge in [0.15, 0.2) is 6.61 Å². The van der Waals surface area contributed by atoms with E-state index in [9.17, 15) is 26.8 Å². The normalized spacial score (nSPS) is 29.8. The topological polar surface area (TPSA) is 107 Å². The van der Waals surface area contributed by atoms with Crippen molar-refractivity contribution in [3.8, 4) is 0 Å². The minimum atomic E-state index is -5.63. The predicted molar refractivity (Wildman–Crippen MR) is 76.5 cm³/mol. The molecule has 0 aromatic rings. The summed E-state index contributed by atoms with van der Waals surface area (Å²) >= 11 is 0. The van der Waals surface area contributed by atoms with Crippen molar-refractivity contribution in [2.75, 3.05) is 6.61 Å². The van der Waals surface area contributed by atoms with Gasteiger partial charge in [-0.3, -0.25) is 14.1 Å². The lowest BCUT2D eigenvalue weighted by molar-refractivity contribution is -0.160. The van der Waals surface area contributed by atoms with Crippen LogP contribution in [-0.2, 0) is 29.2 Å². The summed E-state index contributed by atoms with van der Waals surface area (Å²) in [6, 6.07) is 0. The standard InChI is InChI=1S/C14H20F2O7S/c1-7(2)12(17)23-11-5-8-3-9(11)4-10(8)13(18)22-6-14(15,16)24(19,20)21/h7-11H,3-6H2,1-2H3,(H,19,20,21). The Hall–Kier alpha value is -1.29. The van der Waals surface area contributed by atoms with Crippen LogP contribution in [0.25, 0.3) is 0 Å². The first kappa shape index (κ1) is 19.0. The Balaban J connectivity index is 1.87. The number of rotatable bonds is 6. The van der Waals surface area contributed by atoms with Crippen LogP contribution in [0.1, 0.15) is 33.1 Å². The number of halogens is 2. The maximum Gasteiger partial charge on any atom is 0.402 e. The Kier molecular flexibility index (Phi) is 5.19. The molecule has 0 aromatic carbocycles. The van der Waals surface area contributed by atoms with Gasteiger partial charge in [0.2, 0.25) is 0 Å². The van der Waals surface area contributed by atoms with E-state index in [1.54, 1.807) is 13.8 Å². The minimum Gasteiger partial charge on any atom is -0.462 e. The van der Waals surface area contributed by atoms with E-state index in [2.05, 4.69) is 4.74 Å². The van der Waals surface area contributed by atoms with Crippen LogP contribution < -0.4 is 0 Å². The lowest BCUT2D eigenvalue weighted by Crippen LogP contribution is -2.37. The highest BCUT2D eigenvalue weighted by atomic mass is 32.2. The van der Waals surface area contributed by atoms with Crippen LogP contribution in [0.15, 0.2) is 0 Å². The number of fused-ring (bicyclic) bond motifs is 2. The zero-order valence-corrected chi connectivity index (χ0v) is 14.1. The fourth-order valence-electron chi connectivity index (χ4n) is 3.28. The van der Waals surface area contributed by atoms with E-state index in [-0.39, 0.29) is 29.8 Å². The fraction of sp³-hybridized carbons (Fsp3) is 0.857. The van der Waals surface area contributed by atoms with E-state index in [1.807, 2.05) is 0 Å². The monoisotopic (exact) mass is 370 g/mol. The summed E-state index contributed by atoms with van der Waals surface area (Å²) in [5.41, 5.74) is 0. The number of ether oxygens (including phenoxy) is 2. The van der Waals surface area contributed by atoms with Crippen LogP contribution in [0.3, 0.4) is 0 Å². The SMILES string of the molecule is CC(C)C(=O)OC1CC2CC1CC2C(=O)OCC(F)(F)S(=O)(=O)O. The van der Waals surface area contributed by atoms with Gasteiger partial charge >= 0.3 is 27.3 Å². The molecule has 0 aromatic heterocycles. The van der Waals surface area contributed by atoms with Crippen LogP contribution in [0.4, 0.5) is 8.78 Å². The summed E-state index contributed by atoms with van der Waals surface area (Å²) in [6.45, 7) is 1.71. The molecule has 0 amide bonds. The van der Waals surface area contributed by atoms with E-state index in [0.29, 0.717) is 19.3 Å². The number of hydrogen-bond donors (Lipinski definition) is 1. The van der Waals surface area contributed by atoms with Crippen LogP contribution >= 0.6 is 0 Å². The van der Waals surface area contributed by atoms with Gasteiger partial charge in [0.05, 0.1) is 11.8 Å². The van der Waals surface area contributed by atoms with E-state index in [4.69, 9.17) is 9.29 Å². The molecule has 2 saturated carbocycles. The lowest BCUT2D eigenvalue weighted by atomic mass is 9.87. The Labute approximate surface area is 138 Å².